The lowest BCUT2D eigenvalue weighted by atomic mass is 10.1. The fraction of sp³-hybridized carbons (Fsp3) is 0.500. The van der Waals surface area contributed by atoms with Crippen LogP contribution in [0.5, 0.6) is 0 Å². The Hall–Kier alpha value is -1.59. The minimum absolute atomic E-state index is 0.550. The largest absolute Gasteiger partial charge is 0.439 e. The molecule has 5 heteroatoms. The van der Waals surface area contributed by atoms with Crippen LogP contribution < -0.4 is 5.73 Å². The fourth-order valence-corrected chi connectivity index (χ4v) is 2.53. The van der Waals surface area contributed by atoms with Crippen LogP contribution >= 0.6 is 0 Å². The van der Waals surface area contributed by atoms with Crippen molar-refractivity contribution < 1.29 is 9.15 Å². The van der Waals surface area contributed by atoms with Crippen LogP contribution in [0.15, 0.2) is 22.6 Å². The zero-order chi connectivity index (χ0) is 13.2. The van der Waals surface area contributed by atoms with Crippen LogP contribution in [0.1, 0.15) is 18.7 Å². The molecule has 1 aliphatic rings. The summed E-state index contributed by atoms with van der Waals surface area (Å²) in [4.78, 5) is 6.78. The second-order valence-electron chi connectivity index (χ2n) is 5.09. The number of benzene rings is 1. The van der Waals surface area contributed by atoms with Gasteiger partial charge in [-0.25, -0.2) is 4.98 Å². The number of nitrogens with zero attached hydrogens (tertiary/aromatic N) is 2. The molecule has 0 atom stereocenters. The summed E-state index contributed by atoms with van der Waals surface area (Å²) in [5.41, 5.74) is 8.08. The van der Waals surface area contributed by atoms with Gasteiger partial charge in [-0.2, -0.15) is 0 Å². The van der Waals surface area contributed by atoms with Crippen LogP contribution in [-0.4, -0.2) is 36.2 Å². The van der Waals surface area contributed by atoms with Gasteiger partial charge in [0.15, 0.2) is 5.58 Å². The fourth-order valence-electron chi connectivity index (χ4n) is 2.53. The molecule has 2 N–H and O–H groups in total. The summed E-state index contributed by atoms with van der Waals surface area (Å²) in [7, 11) is 2.11. The van der Waals surface area contributed by atoms with Gasteiger partial charge in [-0.1, -0.05) is 0 Å². The maximum absolute atomic E-state index is 5.75. The Balaban J connectivity index is 1.73. The number of nitrogens with two attached hydrogens (primary N) is 1. The van der Waals surface area contributed by atoms with E-state index in [1.54, 1.807) is 0 Å². The van der Waals surface area contributed by atoms with Gasteiger partial charge in [-0.05, 0) is 38.1 Å². The van der Waals surface area contributed by atoms with E-state index in [0.717, 1.165) is 49.6 Å². The molecule has 19 heavy (non-hydrogen) atoms. The third kappa shape index (κ3) is 2.72. The minimum atomic E-state index is 0.550. The molecule has 1 aliphatic heterocycles. The number of fused-ring (bicyclic) bond motifs is 1. The number of nitrogen functional groups attached to an aromatic ring is 1. The molecule has 1 aromatic heterocycles. The Morgan fingerprint density at radius 1 is 1.37 bits per heavy atom. The molecule has 0 amide bonds. The van der Waals surface area contributed by atoms with Gasteiger partial charge in [0.05, 0.1) is 6.54 Å². The predicted octanol–water partition coefficient (Wildman–Crippen LogP) is 2.02. The molecule has 0 aliphatic carbocycles. The number of rotatable bonds is 3. The van der Waals surface area contributed by atoms with Crippen molar-refractivity contribution in [1.82, 2.24) is 9.88 Å². The molecule has 0 spiro atoms. The minimum Gasteiger partial charge on any atom is -0.439 e. The van der Waals surface area contributed by atoms with Gasteiger partial charge in [0, 0.05) is 24.9 Å². The molecular weight excluding hydrogens is 242 g/mol. The smallest absolute Gasteiger partial charge is 0.209 e. The van der Waals surface area contributed by atoms with E-state index in [2.05, 4.69) is 16.9 Å². The highest BCUT2D eigenvalue weighted by Gasteiger charge is 2.20. The lowest BCUT2D eigenvalue weighted by molar-refractivity contribution is 0.0384. The summed E-state index contributed by atoms with van der Waals surface area (Å²) < 4.78 is 11.1. The first kappa shape index (κ1) is 12.4. The van der Waals surface area contributed by atoms with E-state index in [9.17, 15) is 0 Å². The molecule has 0 unspecified atom stereocenters. The lowest BCUT2D eigenvalue weighted by Gasteiger charge is -2.30. The molecular formula is C14H19N3O2. The summed E-state index contributed by atoms with van der Waals surface area (Å²) >= 11 is 0. The first-order valence-corrected chi connectivity index (χ1v) is 6.65. The Morgan fingerprint density at radius 2 is 2.16 bits per heavy atom. The van der Waals surface area contributed by atoms with Crippen molar-refractivity contribution in [2.24, 2.45) is 0 Å². The SMILES string of the molecule is CN(Cc1nc2cc(N)ccc2o1)C1CCOCC1. The van der Waals surface area contributed by atoms with Crippen molar-refractivity contribution >= 4 is 16.8 Å². The molecule has 1 aromatic carbocycles. The highest BCUT2D eigenvalue weighted by Crippen LogP contribution is 2.20. The summed E-state index contributed by atoms with van der Waals surface area (Å²) in [6.45, 7) is 2.41. The zero-order valence-electron chi connectivity index (χ0n) is 11.1. The number of oxazole rings is 1. The summed E-state index contributed by atoms with van der Waals surface area (Å²) in [5.74, 6) is 0.745. The maximum atomic E-state index is 5.75. The standard InChI is InChI=1S/C14H19N3O2/c1-17(11-4-6-18-7-5-11)9-14-16-12-8-10(15)2-3-13(12)19-14/h2-3,8,11H,4-7,9,15H2,1H3. The number of aromatic nitrogens is 1. The van der Waals surface area contributed by atoms with Gasteiger partial charge < -0.3 is 14.9 Å². The number of hydrogen-bond donors (Lipinski definition) is 1. The van der Waals surface area contributed by atoms with Gasteiger partial charge in [-0.3, -0.25) is 4.90 Å². The molecule has 1 saturated heterocycles. The van der Waals surface area contributed by atoms with E-state index in [4.69, 9.17) is 14.9 Å². The summed E-state index contributed by atoms with van der Waals surface area (Å²) in [6.07, 6.45) is 2.15. The van der Waals surface area contributed by atoms with Crippen molar-refractivity contribution in [3.05, 3.63) is 24.1 Å². The first-order chi connectivity index (χ1) is 9.22. The summed E-state index contributed by atoms with van der Waals surface area (Å²) in [6, 6.07) is 6.10. The van der Waals surface area contributed by atoms with Crippen LogP contribution in [0.3, 0.4) is 0 Å². The molecule has 5 nitrogen and oxygen atoms in total. The van der Waals surface area contributed by atoms with Crippen LogP contribution in [0.4, 0.5) is 5.69 Å². The molecule has 3 rings (SSSR count). The molecule has 0 saturated carbocycles. The van der Waals surface area contributed by atoms with E-state index in [-0.39, 0.29) is 0 Å². The van der Waals surface area contributed by atoms with Crippen molar-refractivity contribution in [2.45, 2.75) is 25.4 Å². The number of hydrogen-bond acceptors (Lipinski definition) is 5. The van der Waals surface area contributed by atoms with E-state index in [1.807, 2.05) is 18.2 Å². The van der Waals surface area contributed by atoms with Crippen LogP contribution in [-0.2, 0) is 11.3 Å². The molecule has 102 valence electrons. The zero-order valence-corrected chi connectivity index (χ0v) is 11.1. The Morgan fingerprint density at radius 3 is 2.95 bits per heavy atom. The summed E-state index contributed by atoms with van der Waals surface area (Å²) in [5, 5.41) is 0. The average molecular weight is 261 g/mol. The predicted molar refractivity (Wildman–Crippen MR) is 73.7 cm³/mol. The number of ether oxygens (including phenoxy) is 1. The van der Waals surface area contributed by atoms with Crippen molar-refractivity contribution in [1.29, 1.82) is 0 Å². The molecule has 0 bridgehead atoms. The highest BCUT2D eigenvalue weighted by atomic mass is 16.5. The maximum Gasteiger partial charge on any atom is 0.209 e. The van der Waals surface area contributed by atoms with Gasteiger partial charge in [-0.15, -0.1) is 0 Å². The van der Waals surface area contributed by atoms with Crippen molar-refractivity contribution in [2.75, 3.05) is 26.0 Å². The van der Waals surface area contributed by atoms with Crippen LogP contribution in [0.25, 0.3) is 11.1 Å². The van der Waals surface area contributed by atoms with E-state index in [1.165, 1.54) is 0 Å². The Kier molecular flexibility index (Phi) is 3.40. The first-order valence-electron chi connectivity index (χ1n) is 6.65. The monoisotopic (exact) mass is 261 g/mol. The Bertz CT molecular complexity index is 561. The molecule has 2 aromatic rings. The average Bonchev–Trinajstić information content (AvgIpc) is 2.81. The van der Waals surface area contributed by atoms with E-state index >= 15 is 0 Å². The second kappa shape index (κ2) is 5.19. The Labute approximate surface area is 112 Å². The second-order valence-corrected chi connectivity index (χ2v) is 5.09. The van der Waals surface area contributed by atoms with Gasteiger partial charge >= 0.3 is 0 Å². The quantitative estimate of drug-likeness (QED) is 0.856. The highest BCUT2D eigenvalue weighted by molar-refractivity contribution is 5.76. The molecule has 0 radical (unpaired) electrons. The van der Waals surface area contributed by atoms with Gasteiger partial charge in [0.2, 0.25) is 5.89 Å². The molecule has 1 fully saturated rings. The van der Waals surface area contributed by atoms with E-state index < -0.39 is 0 Å². The molecule has 2 heterocycles. The van der Waals surface area contributed by atoms with Crippen LogP contribution in [0, 0.1) is 0 Å². The third-order valence-corrected chi connectivity index (χ3v) is 3.65. The normalized spacial score (nSPS) is 17.4. The lowest BCUT2D eigenvalue weighted by Crippen LogP contribution is -2.36. The van der Waals surface area contributed by atoms with Gasteiger partial charge in [0.1, 0.15) is 5.52 Å². The van der Waals surface area contributed by atoms with E-state index in [0.29, 0.717) is 11.7 Å². The van der Waals surface area contributed by atoms with Crippen molar-refractivity contribution in [3.63, 3.8) is 0 Å². The van der Waals surface area contributed by atoms with Crippen molar-refractivity contribution in [3.8, 4) is 0 Å². The third-order valence-electron chi connectivity index (χ3n) is 3.65. The topological polar surface area (TPSA) is 64.5 Å². The number of anilines is 1. The van der Waals surface area contributed by atoms with Gasteiger partial charge in [0.25, 0.3) is 0 Å². The van der Waals surface area contributed by atoms with Crippen LogP contribution in [0.2, 0.25) is 0 Å².